The van der Waals surface area contributed by atoms with Gasteiger partial charge in [-0.25, -0.2) is 9.78 Å². The number of methoxy groups -OCH3 is 1. The lowest BCUT2D eigenvalue weighted by atomic mass is 10.0. The Morgan fingerprint density at radius 2 is 1.74 bits per heavy atom. The molecule has 0 aliphatic heterocycles. The summed E-state index contributed by atoms with van der Waals surface area (Å²) in [5, 5.41) is 12.1. The van der Waals surface area contributed by atoms with Crippen molar-refractivity contribution in [1.82, 2.24) is 14.1 Å². The molecule has 0 bridgehead atoms. The highest BCUT2D eigenvalue weighted by Gasteiger charge is 2.20. The van der Waals surface area contributed by atoms with Crippen LogP contribution in [0.25, 0.3) is 44.2 Å². The molecule has 3 aromatic carbocycles. The first-order valence-corrected chi connectivity index (χ1v) is 11.8. The molecule has 0 spiro atoms. The molecule has 34 heavy (non-hydrogen) atoms. The zero-order valence-corrected chi connectivity index (χ0v) is 19.8. The number of aromatic carboxylic acids is 1. The molecule has 0 aliphatic rings. The van der Waals surface area contributed by atoms with Gasteiger partial charge in [0.2, 0.25) is 0 Å². The highest BCUT2D eigenvalue weighted by molar-refractivity contribution is 6.09. The highest BCUT2D eigenvalue weighted by Crippen LogP contribution is 2.34. The second-order valence-corrected chi connectivity index (χ2v) is 8.54. The van der Waals surface area contributed by atoms with Crippen LogP contribution in [0.2, 0.25) is 0 Å². The third-order valence-corrected chi connectivity index (χ3v) is 6.69. The summed E-state index contributed by atoms with van der Waals surface area (Å²) >= 11 is 0. The standard InChI is InChI=1S/C28H29N3O3/c1-4-19-21(28(32)33)12-14-25-26(19)29-27(31(25)15-8-16-34-3)18-11-13-24-22(17-18)20-9-6-7-10-23(20)30(24)5-2/h6-7,9-14,17H,4-5,8,15-16H2,1-3H3,(H,32,33). The van der Waals surface area contributed by atoms with Crippen molar-refractivity contribution in [2.24, 2.45) is 0 Å². The van der Waals surface area contributed by atoms with Crippen molar-refractivity contribution >= 4 is 38.8 Å². The highest BCUT2D eigenvalue weighted by atomic mass is 16.5. The maximum Gasteiger partial charge on any atom is 0.336 e. The van der Waals surface area contributed by atoms with Crippen LogP contribution in [-0.4, -0.2) is 38.9 Å². The van der Waals surface area contributed by atoms with E-state index in [1.807, 2.05) is 13.0 Å². The molecule has 174 valence electrons. The summed E-state index contributed by atoms with van der Waals surface area (Å²) in [5.41, 5.74) is 6.29. The van der Waals surface area contributed by atoms with Crippen LogP contribution in [0, 0.1) is 0 Å². The second-order valence-electron chi connectivity index (χ2n) is 8.54. The van der Waals surface area contributed by atoms with Gasteiger partial charge >= 0.3 is 5.97 Å². The Kier molecular flexibility index (Phi) is 5.84. The minimum Gasteiger partial charge on any atom is -0.478 e. The predicted octanol–water partition coefficient (Wildman–Crippen LogP) is 6.13. The van der Waals surface area contributed by atoms with E-state index < -0.39 is 5.97 Å². The molecule has 6 nitrogen and oxygen atoms in total. The Balaban J connectivity index is 1.77. The topological polar surface area (TPSA) is 69.3 Å². The van der Waals surface area contributed by atoms with Crippen LogP contribution in [0.4, 0.5) is 0 Å². The number of imidazole rings is 1. The number of carbonyl (C=O) groups is 1. The van der Waals surface area contributed by atoms with Gasteiger partial charge in [-0.05, 0) is 61.7 Å². The Bertz CT molecular complexity index is 1530. The van der Waals surface area contributed by atoms with Gasteiger partial charge in [0.15, 0.2) is 0 Å². The Hall–Kier alpha value is -3.64. The lowest BCUT2D eigenvalue weighted by Gasteiger charge is -2.10. The van der Waals surface area contributed by atoms with Crippen molar-refractivity contribution in [3.05, 3.63) is 65.7 Å². The number of aryl methyl sites for hydroxylation is 3. The summed E-state index contributed by atoms with van der Waals surface area (Å²) in [6.07, 6.45) is 1.45. The number of aromatic nitrogens is 3. The molecule has 0 saturated heterocycles. The lowest BCUT2D eigenvalue weighted by molar-refractivity contribution is 0.0696. The molecule has 1 N–H and O–H groups in total. The Morgan fingerprint density at radius 1 is 0.971 bits per heavy atom. The number of para-hydroxylation sites is 1. The van der Waals surface area contributed by atoms with Crippen LogP contribution < -0.4 is 0 Å². The Morgan fingerprint density at radius 3 is 2.47 bits per heavy atom. The van der Waals surface area contributed by atoms with Gasteiger partial charge in [-0.3, -0.25) is 0 Å². The average Bonchev–Trinajstić information content (AvgIpc) is 3.38. The normalized spacial score (nSPS) is 11.7. The number of fused-ring (bicyclic) bond motifs is 4. The van der Waals surface area contributed by atoms with Crippen molar-refractivity contribution in [2.45, 2.75) is 39.8 Å². The number of ether oxygens (including phenoxy) is 1. The van der Waals surface area contributed by atoms with Gasteiger partial charge < -0.3 is 19.0 Å². The summed E-state index contributed by atoms with van der Waals surface area (Å²) in [4.78, 5) is 16.9. The molecule has 0 atom stereocenters. The van der Waals surface area contributed by atoms with Crippen LogP contribution in [0.3, 0.4) is 0 Å². The van der Waals surface area contributed by atoms with Crippen LogP contribution in [0.15, 0.2) is 54.6 Å². The van der Waals surface area contributed by atoms with Crippen molar-refractivity contribution < 1.29 is 14.6 Å². The Labute approximate surface area is 198 Å². The average molecular weight is 456 g/mol. The molecule has 0 radical (unpaired) electrons. The largest absolute Gasteiger partial charge is 0.478 e. The van der Waals surface area contributed by atoms with Gasteiger partial charge in [0.05, 0.1) is 16.6 Å². The quantitative estimate of drug-likeness (QED) is 0.286. The number of carboxylic acid groups (broad SMARTS) is 1. The van der Waals surface area contributed by atoms with E-state index in [0.29, 0.717) is 18.6 Å². The van der Waals surface area contributed by atoms with Crippen molar-refractivity contribution in [3.8, 4) is 11.4 Å². The van der Waals surface area contributed by atoms with E-state index in [1.165, 1.54) is 21.8 Å². The van der Waals surface area contributed by atoms with E-state index in [-0.39, 0.29) is 0 Å². The molecule has 5 aromatic rings. The molecule has 0 fully saturated rings. The fraction of sp³-hybridized carbons (Fsp3) is 0.286. The summed E-state index contributed by atoms with van der Waals surface area (Å²) in [6, 6.07) is 18.6. The smallest absolute Gasteiger partial charge is 0.336 e. The van der Waals surface area contributed by atoms with Crippen LogP contribution in [-0.2, 0) is 24.2 Å². The van der Waals surface area contributed by atoms with E-state index in [1.54, 1.807) is 13.2 Å². The molecule has 2 heterocycles. The van der Waals surface area contributed by atoms with Crippen molar-refractivity contribution in [2.75, 3.05) is 13.7 Å². The van der Waals surface area contributed by atoms with E-state index in [2.05, 4.69) is 58.5 Å². The third kappa shape index (κ3) is 3.46. The van der Waals surface area contributed by atoms with Gasteiger partial charge in [0.1, 0.15) is 5.82 Å². The predicted molar refractivity (Wildman–Crippen MR) is 137 cm³/mol. The number of benzene rings is 3. The fourth-order valence-corrected chi connectivity index (χ4v) is 5.15. The van der Waals surface area contributed by atoms with Crippen molar-refractivity contribution in [1.29, 1.82) is 0 Å². The molecule has 5 rings (SSSR count). The molecule has 2 aromatic heterocycles. The van der Waals surface area contributed by atoms with E-state index in [0.717, 1.165) is 47.5 Å². The molecule has 0 amide bonds. The third-order valence-electron chi connectivity index (χ3n) is 6.69. The zero-order chi connectivity index (χ0) is 23.8. The zero-order valence-electron chi connectivity index (χ0n) is 19.8. The van der Waals surface area contributed by atoms with Gasteiger partial charge in [-0.1, -0.05) is 25.1 Å². The maximum atomic E-state index is 11.8. The number of carboxylic acids is 1. The maximum absolute atomic E-state index is 11.8. The first-order valence-electron chi connectivity index (χ1n) is 11.8. The monoisotopic (exact) mass is 455 g/mol. The molecule has 0 unspecified atom stereocenters. The van der Waals surface area contributed by atoms with Gasteiger partial charge in [-0.2, -0.15) is 0 Å². The lowest BCUT2D eigenvalue weighted by Crippen LogP contribution is -2.05. The van der Waals surface area contributed by atoms with Gasteiger partial charge in [0, 0.05) is 54.2 Å². The molecule has 6 heteroatoms. The summed E-state index contributed by atoms with van der Waals surface area (Å²) in [5.74, 6) is -0.0541. The van der Waals surface area contributed by atoms with E-state index in [4.69, 9.17) is 9.72 Å². The minimum absolute atomic E-state index is 0.324. The molecular formula is C28H29N3O3. The second kappa shape index (κ2) is 8.95. The minimum atomic E-state index is -0.914. The molecular weight excluding hydrogens is 426 g/mol. The van der Waals surface area contributed by atoms with Crippen molar-refractivity contribution in [3.63, 3.8) is 0 Å². The number of nitrogens with zero attached hydrogens (tertiary/aromatic N) is 3. The number of hydrogen-bond acceptors (Lipinski definition) is 3. The fourth-order valence-electron chi connectivity index (χ4n) is 5.15. The number of hydrogen-bond donors (Lipinski definition) is 1. The summed E-state index contributed by atoms with van der Waals surface area (Å²) in [7, 11) is 1.71. The van der Waals surface area contributed by atoms with Gasteiger partial charge in [0.25, 0.3) is 0 Å². The van der Waals surface area contributed by atoms with E-state index in [9.17, 15) is 9.90 Å². The summed E-state index contributed by atoms with van der Waals surface area (Å²) < 4.78 is 9.85. The molecule has 0 aliphatic carbocycles. The number of rotatable bonds is 8. The summed E-state index contributed by atoms with van der Waals surface area (Å²) in [6.45, 7) is 6.44. The van der Waals surface area contributed by atoms with E-state index >= 15 is 0 Å². The first-order chi connectivity index (χ1) is 16.6. The first kappa shape index (κ1) is 22.2. The van der Waals surface area contributed by atoms with Gasteiger partial charge in [-0.15, -0.1) is 0 Å². The molecule has 0 saturated carbocycles. The van der Waals surface area contributed by atoms with Crippen LogP contribution in [0.1, 0.15) is 36.2 Å². The SMILES string of the molecule is CCc1c(C(=O)O)ccc2c1nc(-c1ccc3c(c1)c1ccccc1n3CC)n2CCCOC. The van der Waals surface area contributed by atoms with Crippen LogP contribution >= 0.6 is 0 Å². The van der Waals surface area contributed by atoms with Crippen LogP contribution in [0.5, 0.6) is 0 Å².